The zero-order valence-corrected chi connectivity index (χ0v) is 24.3. The number of nitrogens with one attached hydrogen (secondary N) is 3. The van der Waals surface area contributed by atoms with Crippen molar-refractivity contribution in [1.29, 1.82) is 0 Å². The van der Waals surface area contributed by atoms with Crippen molar-refractivity contribution in [2.75, 3.05) is 26.8 Å². The Morgan fingerprint density at radius 3 is 2.61 bits per heavy atom. The summed E-state index contributed by atoms with van der Waals surface area (Å²) in [6.07, 6.45) is 0.0654. The number of nitrogens with zero attached hydrogens (tertiary/aromatic N) is 3. The first-order valence-corrected chi connectivity index (χ1v) is 14.3. The van der Waals surface area contributed by atoms with Crippen LogP contribution in [0, 0.1) is 6.92 Å². The van der Waals surface area contributed by atoms with E-state index < -0.39 is 12.1 Å². The van der Waals surface area contributed by atoms with Crippen molar-refractivity contribution in [2.45, 2.75) is 32.0 Å². The maximum atomic E-state index is 13.7. The highest BCUT2D eigenvalue weighted by Gasteiger charge is 2.36. The minimum Gasteiger partial charge on any atom is -0.496 e. The van der Waals surface area contributed by atoms with Crippen LogP contribution in [-0.4, -0.2) is 77.0 Å². The summed E-state index contributed by atoms with van der Waals surface area (Å²) in [5.41, 5.74) is 3.47. The van der Waals surface area contributed by atoms with Gasteiger partial charge in [0.05, 0.1) is 18.8 Å². The van der Waals surface area contributed by atoms with Crippen LogP contribution in [-0.2, 0) is 11.3 Å². The van der Waals surface area contributed by atoms with Gasteiger partial charge in [0.25, 0.3) is 17.7 Å². The first-order valence-electron chi connectivity index (χ1n) is 14.3. The molecule has 1 saturated heterocycles. The van der Waals surface area contributed by atoms with Crippen molar-refractivity contribution in [3.05, 3.63) is 89.2 Å². The second-order valence-electron chi connectivity index (χ2n) is 10.7. The van der Waals surface area contributed by atoms with Crippen molar-refractivity contribution in [1.82, 2.24) is 30.9 Å². The average molecular weight is 597 g/mol. The Balaban J connectivity index is 1.34. The van der Waals surface area contributed by atoms with Crippen molar-refractivity contribution >= 4 is 17.7 Å². The largest absolute Gasteiger partial charge is 0.496 e. The molecule has 4 aromatic rings. The maximum absolute atomic E-state index is 13.7. The number of ether oxygens (including phenoxy) is 3. The fourth-order valence-electron chi connectivity index (χ4n) is 5.37. The van der Waals surface area contributed by atoms with Gasteiger partial charge in [0.2, 0.25) is 0 Å². The van der Waals surface area contributed by atoms with Crippen molar-refractivity contribution in [2.24, 2.45) is 0 Å². The van der Waals surface area contributed by atoms with Gasteiger partial charge in [-0.2, -0.15) is 15.4 Å². The van der Waals surface area contributed by atoms with Gasteiger partial charge < -0.3 is 29.7 Å². The highest BCUT2D eigenvalue weighted by Crippen LogP contribution is 2.33. The van der Waals surface area contributed by atoms with E-state index in [0.29, 0.717) is 53.6 Å². The molecular weight excluding hydrogens is 564 g/mol. The number of amides is 3. The first-order chi connectivity index (χ1) is 21.4. The number of hydrogen-bond donors (Lipinski definition) is 3. The van der Waals surface area contributed by atoms with Crippen LogP contribution in [0.4, 0.5) is 0 Å². The molecular formula is C32H32N6O6. The van der Waals surface area contributed by atoms with Crippen LogP contribution in [0.15, 0.2) is 66.7 Å². The van der Waals surface area contributed by atoms with Crippen LogP contribution in [0.25, 0.3) is 11.1 Å². The van der Waals surface area contributed by atoms with Crippen LogP contribution >= 0.6 is 0 Å². The molecule has 2 atom stereocenters. The first kappa shape index (κ1) is 28.7. The number of piperidine rings is 1. The smallest absolute Gasteiger partial charge is 0.276 e. The standard InChI is InChI=1S/C32H32N6O6/c1-19-30(36-37-35-19)32(41)38-13-12-28-26(17-38)34-31(40)22-8-11-27(42-2)25(15-22)21-4-3-5-24(14-21)43-18-29(39)33-16-20-6-9-23(44-28)10-7-20/h3-11,14-15,26,28H,12-13,16-18H2,1-2H3,(H,33,39)(H,34,40)(H,35,36,37)/t26-,28-/m1/s1. The summed E-state index contributed by atoms with van der Waals surface area (Å²) in [5.74, 6) is 0.831. The molecule has 1 fully saturated rings. The number of H-pyrrole nitrogens is 1. The second kappa shape index (κ2) is 12.5. The van der Waals surface area contributed by atoms with Crippen LogP contribution in [0.5, 0.6) is 17.2 Å². The predicted molar refractivity (Wildman–Crippen MR) is 160 cm³/mol. The highest BCUT2D eigenvalue weighted by molar-refractivity contribution is 5.97. The number of methoxy groups -OCH3 is 1. The molecule has 0 radical (unpaired) electrons. The summed E-state index contributed by atoms with van der Waals surface area (Å²) < 4.78 is 17.7. The van der Waals surface area contributed by atoms with Gasteiger partial charge in [-0.15, -0.1) is 0 Å². The summed E-state index contributed by atoms with van der Waals surface area (Å²) in [4.78, 5) is 41.2. The topological polar surface area (TPSA) is 148 Å². The van der Waals surface area contributed by atoms with Gasteiger partial charge in [0.1, 0.15) is 23.4 Å². The molecule has 0 saturated carbocycles. The zero-order valence-electron chi connectivity index (χ0n) is 24.3. The zero-order chi connectivity index (χ0) is 30.6. The van der Waals surface area contributed by atoms with E-state index in [9.17, 15) is 14.4 Å². The highest BCUT2D eigenvalue weighted by atomic mass is 16.5. The Kier molecular flexibility index (Phi) is 8.13. The molecule has 44 heavy (non-hydrogen) atoms. The fourth-order valence-corrected chi connectivity index (χ4v) is 5.37. The number of aromatic amines is 1. The van der Waals surface area contributed by atoms with Crippen LogP contribution < -0.4 is 24.8 Å². The molecule has 3 N–H and O–H groups in total. The molecule has 0 unspecified atom stereocenters. The van der Waals surface area contributed by atoms with Gasteiger partial charge >= 0.3 is 0 Å². The number of carbonyl (C=O) groups excluding carboxylic acids is 3. The summed E-state index contributed by atoms with van der Waals surface area (Å²) in [6.45, 7) is 2.52. The third-order valence-electron chi connectivity index (χ3n) is 7.76. The van der Waals surface area contributed by atoms with E-state index in [4.69, 9.17) is 14.2 Å². The summed E-state index contributed by atoms with van der Waals surface area (Å²) in [6, 6.07) is 19.3. The van der Waals surface area contributed by atoms with Gasteiger partial charge in [-0.1, -0.05) is 24.3 Å². The third-order valence-corrected chi connectivity index (χ3v) is 7.76. The third kappa shape index (κ3) is 6.19. The lowest BCUT2D eigenvalue weighted by Gasteiger charge is -2.38. The van der Waals surface area contributed by atoms with Crippen LogP contribution in [0.1, 0.15) is 38.5 Å². The van der Waals surface area contributed by atoms with Crippen molar-refractivity contribution in [3.8, 4) is 28.4 Å². The minimum absolute atomic E-state index is 0.150. The molecule has 226 valence electrons. The lowest BCUT2D eigenvalue weighted by Crippen LogP contribution is -2.58. The lowest BCUT2D eigenvalue weighted by atomic mass is 9.99. The van der Waals surface area contributed by atoms with E-state index in [1.165, 1.54) is 0 Å². The van der Waals surface area contributed by atoms with E-state index in [-0.39, 0.29) is 36.6 Å². The molecule has 0 aliphatic carbocycles. The molecule has 12 heteroatoms. The van der Waals surface area contributed by atoms with Gasteiger partial charge in [-0.3, -0.25) is 14.4 Å². The molecule has 4 heterocycles. The van der Waals surface area contributed by atoms with Crippen molar-refractivity contribution in [3.63, 3.8) is 0 Å². The van der Waals surface area contributed by atoms with Crippen LogP contribution in [0.3, 0.4) is 0 Å². The normalized spacial score (nSPS) is 18.6. The van der Waals surface area contributed by atoms with Gasteiger partial charge in [0, 0.05) is 37.2 Å². The number of hydrogen-bond acceptors (Lipinski definition) is 8. The SMILES string of the molecule is COc1ccc2cc1-c1cccc(c1)OCC(=O)NCc1ccc(cc1)O[C@@H]1CCN(C(=O)c3n[nH]nc3C)C[C@H]1NC2=O. The van der Waals surface area contributed by atoms with E-state index in [2.05, 4.69) is 26.0 Å². The van der Waals surface area contributed by atoms with Crippen LogP contribution in [0.2, 0.25) is 0 Å². The number of aromatic nitrogens is 3. The average Bonchev–Trinajstić information content (AvgIpc) is 3.48. The fraction of sp³-hybridized carbons (Fsp3) is 0.281. The molecule has 1 aromatic heterocycles. The molecule has 12 nitrogen and oxygen atoms in total. The number of aryl methyl sites for hydroxylation is 1. The maximum Gasteiger partial charge on any atom is 0.276 e. The molecule has 6 bridgehead atoms. The Morgan fingerprint density at radius 2 is 1.84 bits per heavy atom. The number of carbonyl (C=O) groups is 3. The second-order valence-corrected chi connectivity index (χ2v) is 10.7. The Morgan fingerprint density at radius 1 is 1.00 bits per heavy atom. The van der Waals surface area contributed by atoms with Gasteiger partial charge in [0.15, 0.2) is 12.3 Å². The van der Waals surface area contributed by atoms with E-state index in [1.54, 1.807) is 49.3 Å². The number of likely N-dealkylation sites (tertiary alicyclic amines) is 1. The number of rotatable bonds is 2. The Hall–Kier alpha value is -5.39. The molecule has 3 aromatic carbocycles. The quantitative estimate of drug-likeness (QED) is 0.320. The van der Waals surface area contributed by atoms with E-state index in [1.807, 2.05) is 36.4 Å². The summed E-state index contributed by atoms with van der Waals surface area (Å²) >= 11 is 0. The Labute approximate surface area is 253 Å². The minimum atomic E-state index is -0.528. The molecule has 3 aliphatic heterocycles. The molecule has 3 amide bonds. The van der Waals surface area contributed by atoms with Crippen molar-refractivity contribution < 1.29 is 28.6 Å². The predicted octanol–water partition coefficient (Wildman–Crippen LogP) is 2.89. The van der Waals surface area contributed by atoms with E-state index in [0.717, 1.165) is 11.1 Å². The molecule has 7 rings (SSSR count). The number of benzene rings is 3. The Bertz CT molecular complexity index is 1690. The molecule has 3 aliphatic rings. The number of fused-ring (bicyclic) bond motifs is 7. The van der Waals surface area contributed by atoms with Gasteiger partial charge in [-0.25, -0.2) is 0 Å². The van der Waals surface area contributed by atoms with E-state index >= 15 is 0 Å². The summed E-state index contributed by atoms with van der Waals surface area (Å²) in [5, 5.41) is 16.5. The molecule has 0 spiro atoms. The van der Waals surface area contributed by atoms with Gasteiger partial charge in [-0.05, 0) is 60.5 Å². The monoisotopic (exact) mass is 596 g/mol. The summed E-state index contributed by atoms with van der Waals surface area (Å²) in [7, 11) is 1.56. The lowest BCUT2D eigenvalue weighted by molar-refractivity contribution is -0.123.